The van der Waals surface area contributed by atoms with Gasteiger partial charge in [0.05, 0.1) is 5.75 Å². The fraction of sp³-hybridized carbons (Fsp3) is 0.421. The summed E-state index contributed by atoms with van der Waals surface area (Å²) in [5, 5.41) is 4.21. The van der Waals surface area contributed by atoms with Gasteiger partial charge in [-0.25, -0.2) is 9.97 Å². The maximum atomic E-state index is 12.2. The van der Waals surface area contributed by atoms with E-state index in [0.717, 1.165) is 29.1 Å². The van der Waals surface area contributed by atoms with Gasteiger partial charge in [0.25, 0.3) is 0 Å². The molecule has 0 aliphatic heterocycles. The van der Waals surface area contributed by atoms with E-state index in [0.29, 0.717) is 16.2 Å². The van der Waals surface area contributed by atoms with E-state index in [9.17, 15) is 4.79 Å². The summed E-state index contributed by atoms with van der Waals surface area (Å²) in [5.74, 6) is 0.254. The van der Waals surface area contributed by atoms with E-state index < -0.39 is 0 Å². The number of aromatic nitrogens is 2. The van der Waals surface area contributed by atoms with E-state index in [1.807, 2.05) is 44.7 Å². The first-order valence-corrected chi connectivity index (χ1v) is 10.3. The monoisotopic (exact) mass is 375 g/mol. The van der Waals surface area contributed by atoms with Gasteiger partial charge < -0.3 is 5.32 Å². The molecule has 1 amide bonds. The van der Waals surface area contributed by atoms with E-state index in [1.165, 1.54) is 16.7 Å². The highest BCUT2D eigenvalue weighted by Crippen LogP contribution is 2.28. The van der Waals surface area contributed by atoms with Crippen LogP contribution in [-0.2, 0) is 4.79 Å². The third-order valence-electron chi connectivity index (χ3n) is 3.68. The number of carbonyl (C=O) groups excluding carboxylic acids is 1. The summed E-state index contributed by atoms with van der Waals surface area (Å²) in [4.78, 5) is 22.2. The second-order valence-corrected chi connectivity index (χ2v) is 8.54. The predicted octanol–water partition coefficient (Wildman–Crippen LogP) is 5.02. The molecular weight excluding hydrogens is 350 g/mol. The molecule has 0 aliphatic carbocycles. The van der Waals surface area contributed by atoms with Crippen LogP contribution >= 0.6 is 23.5 Å². The van der Waals surface area contributed by atoms with Crippen LogP contribution in [0.2, 0.25) is 0 Å². The summed E-state index contributed by atoms with van der Waals surface area (Å²) in [6.45, 7) is 10.3. The third kappa shape index (κ3) is 6.36. The number of carbonyl (C=O) groups is 1. The first-order valence-electron chi connectivity index (χ1n) is 8.39. The zero-order valence-corrected chi connectivity index (χ0v) is 17.1. The molecule has 0 fully saturated rings. The van der Waals surface area contributed by atoms with Crippen molar-refractivity contribution in [2.75, 3.05) is 11.1 Å². The van der Waals surface area contributed by atoms with E-state index >= 15 is 0 Å². The van der Waals surface area contributed by atoms with Crippen LogP contribution in [0.25, 0.3) is 0 Å². The van der Waals surface area contributed by atoms with Crippen LogP contribution in [0.4, 0.5) is 5.69 Å². The van der Waals surface area contributed by atoms with Gasteiger partial charge in [-0.3, -0.25) is 4.79 Å². The lowest BCUT2D eigenvalue weighted by Gasteiger charge is -2.12. The minimum absolute atomic E-state index is 0.0433. The average molecular weight is 376 g/mol. The predicted molar refractivity (Wildman–Crippen MR) is 108 cm³/mol. The molecule has 4 nitrogen and oxygen atoms in total. The van der Waals surface area contributed by atoms with Crippen molar-refractivity contribution in [3.05, 3.63) is 41.2 Å². The van der Waals surface area contributed by atoms with Gasteiger partial charge in [0.15, 0.2) is 5.16 Å². The highest BCUT2D eigenvalue weighted by Gasteiger charge is 2.09. The highest BCUT2D eigenvalue weighted by molar-refractivity contribution is 8.00. The van der Waals surface area contributed by atoms with E-state index in [4.69, 9.17) is 0 Å². The van der Waals surface area contributed by atoms with Crippen LogP contribution in [0, 0.1) is 20.8 Å². The largest absolute Gasteiger partial charge is 0.325 e. The molecule has 0 radical (unpaired) electrons. The molecule has 0 spiro atoms. The molecule has 25 heavy (non-hydrogen) atoms. The summed E-state index contributed by atoms with van der Waals surface area (Å²) in [7, 11) is 0. The van der Waals surface area contributed by atoms with Crippen LogP contribution in [-0.4, -0.2) is 26.9 Å². The Labute approximate surface area is 158 Å². The van der Waals surface area contributed by atoms with Gasteiger partial charge in [0, 0.05) is 27.2 Å². The smallest absolute Gasteiger partial charge is 0.234 e. The number of nitrogens with one attached hydrogen (secondary N) is 1. The molecule has 0 saturated heterocycles. The molecule has 0 bridgehead atoms. The number of hydrogen-bond donors (Lipinski definition) is 1. The summed E-state index contributed by atoms with van der Waals surface area (Å²) >= 11 is 3.22. The fourth-order valence-electron chi connectivity index (χ4n) is 2.24. The van der Waals surface area contributed by atoms with Gasteiger partial charge in [-0.15, -0.1) is 11.8 Å². The number of thioether (sulfide) groups is 2. The average Bonchev–Trinajstić information content (AvgIpc) is 2.54. The first kappa shape index (κ1) is 19.8. The minimum Gasteiger partial charge on any atom is -0.325 e. The number of rotatable bonds is 7. The highest BCUT2D eigenvalue weighted by atomic mass is 32.2. The number of aryl methyl sites for hydroxylation is 3. The molecule has 1 aromatic heterocycles. The Hall–Kier alpha value is -1.53. The number of anilines is 1. The van der Waals surface area contributed by atoms with Crippen molar-refractivity contribution in [1.29, 1.82) is 0 Å². The van der Waals surface area contributed by atoms with Gasteiger partial charge in [0.1, 0.15) is 0 Å². The second kappa shape index (κ2) is 9.25. The molecule has 0 aliphatic rings. The quantitative estimate of drug-likeness (QED) is 0.544. The first-order chi connectivity index (χ1) is 11.9. The van der Waals surface area contributed by atoms with Crippen LogP contribution in [0.1, 0.15) is 37.2 Å². The summed E-state index contributed by atoms with van der Waals surface area (Å²) < 4.78 is 0. The van der Waals surface area contributed by atoms with Gasteiger partial charge in [-0.1, -0.05) is 25.6 Å². The Balaban J connectivity index is 1.93. The van der Waals surface area contributed by atoms with Crippen LogP contribution in [0.15, 0.2) is 34.3 Å². The molecule has 1 unspecified atom stereocenters. The standard InChI is InChI=1S/C19H25N3OS2/c1-6-15(5)25-16-7-8-17(12(2)9-16)22-18(23)11-24-19-20-13(3)10-14(4)21-19/h7-10,15H,6,11H2,1-5H3,(H,22,23). The van der Waals surface area contributed by atoms with E-state index in [2.05, 4.69) is 41.3 Å². The SMILES string of the molecule is CCC(C)Sc1ccc(NC(=O)CSc2nc(C)cc(C)n2)c(C)c1. The molecule has 6 heteroatoms. The fourth-order valence-corrected chi connectivity index (χ4v) is 4.01. The van der Waals surface area contributed by atoms with Crippen molar-refractivity contribution in [3.8, 4) is 0 Å². The second-order valence-electron chi connectivity index (χ2n) is 6.08. The zero-order valence-electron chi connectivity index (χ0n) is 15.4. The van der Waals surface area contributed by atoms with Crippen LogP contribution < -0.4 is 5.32 Å². The summed E-state index contributed by atoms with van der Waals surface area (Å²) in [5.41, 5.74) is 3.77. The Morgan fingerprint density at radius 1 is 1.16 bits per heavy atom. The lowest BCUT2D eigenvalue weighted by Crippen LogP contribution is -2.15. The Morgan fingerprint density at radius 3 is 2.44 bits per heavy atom. The van der Waals surface area contributed by atoms with Crippen molar-refractivity contribution >= 4 is 35.1 Å². The summed E-state index contributed by atoms with van der Waals surface area (Å²) in [6.07, 6.45) is 1.14. The molecule has 2 aromatic rings. The minimum atomic E-state index is -0.0433. The number of nitrogens with zero attached hydrogens (tertiary/aromatic N) is 2. The normalized spacial score (nSPS) is 12.0. The van der Waals surface area contributed by atoms with Crippen molar-refractivity contribution in [2.45, 2.75) is 56.3 Å². The van der Waals surface area contributed by atoms with Gasteiger partial charge in [-0.05, 0) is 57.0 Å². The lowest BCUT2D eigenvalue weighted by molar-refractivity contribution is -0.113. The molecule has 1 aromatic carbocycles. The Bertz CT molecular complexity index is 729. The van der Waals surface area contributed by atoms with Crippen molar-refractivity contribution in [2.24, 2.45) is 0 Å². The third-order valence-corrected chi connectivity index (χ3v) is 5.79. The Kier molecular flexibility index (Phi) is 7.32. The molecule has 2 rings (SSSR count). The molecule has 1 heterocycles. The number of amides is 1. The summed E-state index contributed by atoms with van der Waals surface area (Å²) in [6, 6.07) is 8.11. The molecule has 1 N–H and O–H groups in total. The van der Waals surface area contributed by atoms with Crippen molar-refractivity contribution in [1.82, 2.24) is 9.97 Å². The maximum absolute atomic E-state index is 12.2. The number of hydrogen-bond acceptors (Lipinski definition) is 5. The maximum Gasteiger partial charge on any atom is 0.234 e. The van der Waals surface area contributed by atoms with E-state index in [-0.39, 0.29) is 5.91 Å². The Morgan fingerprint density at radius 2 is 1.84 bits per heavy atom. The van der Waals surface area contributed by atoms with Gasteiger partial charge >= 0.3 is 0 Å². The van der Waals surface area contributed by atoms with Crippen LogP contribution in [0.5, 0.6) is 0 Å². The van der Waals surface area contributed by atoms with Crippen LogP contribution in [0.3, 0.4) is 0 Å². The van der Waals surface area contributed by atoms with Crippen molar-refractivity contribution < 1.29 is 4.79 Å². The molecule has 0 saturated carbocycles. The van der Waals surface area contributed by atoms with Crippen molar-refractivity contribution in [3.63, 3.8) is 0 Å². The van der Waals surface area contributed by atoms with Gasteiger partial charge in [0.2, 0.25) is 5.91 Å². The topological polar surface area (TPSA) is 54.9 Å². The zero-order chi connectivity index (χ0) is 18.4. The van der Waals surface area contributed by atoms with Gasteiger partial charge in [-0.2, -0.15) is 0 Å². The molecule has 1 atom stereocenters. The molecule has 134 valence electrons. The number of benzene rings is 1. The van der Waals surface area contributed by atoms with E-state index in [1.54, 1.807) is 0 Å². The lowest BCUT2D eigenvalue weighted by atomic mass is 10.2. The molecular formula is C19H25N3OS2.